The van der Waals surface area contributed by atoms with Crippen molar-refractivity contribution in [2.45, 2.75) is 37.3 Å². The largest absolute Gasteiger partial charge is 0.333 e. The Morgan fingerprint density at radius 2 is 1.30 bits per heavy atom. The van der Waals surface area contributed by atoms with E-state index in [-0.39, 0.29) is 11.8 Å². The van der Waals surface area contributed by atoms with Crippen LogP contribution in [0.25, 0.3) is 0 Å². The number of piperidine rings is 3. The van der Waals surface area contributed by atoms with E-state index in [4.69, 9.17) is 0 Å². The third-order valence-electron chi connectivity index (χ3n) is 8.35. The summed E-state index contributed by atoms with van der Waals surface area (Å²) in [6.07, 6.45) is 4.12. The summed E-state index contributed by atoms with van der Waals surface area (Å²) in [6, 6.07) is 40.0. The normalized spacial score (nSPS) is 22.6. The summed E-state index contributed by atoms with van der Waals surface area (Å²) in [6.45, 7) is 2.04. The highest BCUT2D eigenvalue weighted by atomic mass is 16.2. The molecule has 0 spiro atoms. The second kappa shape index (κ2) is 10.4. The molecule has 0 aromatic heterocycles. The van der Waals surface area contributed by atoms with Gasteiger partial charge in [0.25, 0.3) is 5.91 Å². The molecule has 4 aromatic carbocycles. The van der Waals surface area contributed by atoms with Crippen LogP contribution in [-0.4, -0.2) is 29.6 Å². The Hall–Kier alpha value is -3.69. The predicted molar refractivity (Wildman–Crippen MR) is 150 cm³/mol. The predicted octanol–water partition coefficient (Wildman–Crippen LogP) is 6.65. The molecule has 3 fully saturated rings. The van der Waals surface area contributed by atoms with E-state index in [1.807, 2.05) is 24.3 Å². The maximum absolute atomic E-state index is 14.2. The molecule has 186 valence electrons. The molecule has 3 nitrogen and oxygen atoms in total. The van der Waals surface area contributed by atoms with E-state index in [0.717, 1.165) is 37.1 Å². The molecule has 0 aliphatic carbocycles. The lowest BCUT2D eigenvalue weighted by molar-refractivity contribution is -0.0562. The summed E-state index contributed by atoms with van der Waals surface area (Å²) >= 11 is 0. The smallest absolute Gasteiger partial charge is 0.253 e. The summed E-state index contributed by atoms with van der Waals surface area (Å²) in [4.78, 5) is 16.8. The summed E-state index contributed by atoms with van der Waals surface area (Å²) < 4.78 is 0. The van der Waals surface area contributed by atoms with Gasteiger partial charge >= 0.3 is 0 Å². The molecule has 2 bridgehead atoms. The molecule has 0 saturated carbocycles. The van der Waals surface area contributed by atoms with Gasteiger partial charge in [-0.15, -0.1) is 0 Å². The minimum Gasteiger partial charge on any atom is -0.333 e. The third-order valence-corrected chi connectivity index (χ3v) is 8.35. The lowest BCUT2D eigenvalue weighted by atomic mass is 9.69. The van der Waals surface area contributed by atoms with Crippen LogP contribution in [0.3, 0.4) is 0 Å². The first-order valence-electron chi connectivity index (χ1n) is 13.5. The van der Waals surface area contributed by atoms with Gasteiger partial charge < -0.3 is 5.32 Å². The highest BCUT2D eigenvalue weighted by Gasteiger charge is 2.52. The zero-order chi connectivity index (χ0) is 25.1. The van der Waals surface area contributed by atoms with Crippen LogP contribution in [0.5, 0.6) is 0 Å². The maximum atomic E-state index is 14.2. The molecule has 37 heavy (non-hydrogen) atoms. The lowest BCUT2D eigenvalue weighted by Crippen LogP contribution is -2.69. The average Bonchev–Trinajstić information content (AvgIpc) is 2.96. The van der Waals surface area contributed by atoms with Gasteiger partial charge in [0, 0.05) is 24.6 Å². The van der Waals surface area contributed by atoms with Crippen LogP contribution in [0.1, 0.15) is 57.8 Å². The standard InChI is InChI=1S/C34H34N2O/c37-33(31-19-11-10-18-30(31)24-26-12-4-1-5-13-26)35-34(25-27-20-22-36(34)23-21-27)32(28-14-6-2-7-15-28)29-16-8-3-9-17-29/h1-19,27,32H,20-25H2,(H,35,37). The Labute approximate surface area is 220 Å². The minimum atomic E-state index is -0.471. The van der Waals surface area contributed by atoms with E-state index in [1.165, 1.54) is 29.5 Å². The van der Waals surface area contributed by atoms with Crippen LogP contribution in [0.15, 0.2) is 115 Å². The number of hydrogen-bond donors (Lipinski definition) is 1. The molecule has 1 atom stereocenters. The molecule has 3 heteroatoms. The molecule has 4 aromatic rings. The summed E-state index contributed by atoms with van der Waals surface area (Å²) in [5.41, 5.74) is 5.07. The quantitative estimate of drug-likeness (QED) is 0.317. The Kier molecular flexibility index (Phi) is 6.63. The molecule has 1 unspecified atom stereocenters. The van der Waals surface area contributed by atoms with Crippen molar-refractivity contribution in [1.29, 1.82) is 0 Å². The Morgan fingerprint density at radius 1 is 0.757 bits per heavy atom. The van der Waals surface area contributed by atoms with Gasteiger partial charge in [-0.05, 0) is 59.9 Å². The van der Waals surface area contributed by atoms with Crippen molar-refractivity contribution >= 4 is 5.91 Å². The Morgan fingerprint density at radius 3 is 1.86 bits per heavy atom. The van der Waals surface area contributed by atoms with Crippen LogP contribution in [0.2, 0.25) is 0 Å². The van der Waals surface area contributed by atoms with Gasteiger partial charge in [0.05, 0.1) is 0 Å². The van der Waals surface area contributed by atoms with E-state index in [0.29, 0.717) is 5.92 Å². The summed E-state index contributed by atoms with van der Waals surface area (Å²) in [5.74, 6) is 0.693. The number of carbonyl (C=O) groups is 1. The molecule has 3 aliphatic rings. The number of fused-ring (bicyclic) bond motifs is 3. The minimum absolute atomic E-state index is 0.0240. The van der Waals surface area contributed by atoms with Gasteiger partial charge in [0.2, 0.25) is 0 Å². The SMILES string of the molecule is O=C(NC1(C(c2ccccc2)c2ccccc2)CC2CCN1CC2)c1ccccc1Cc1ccccc1. The molecular formula is C34H34N2O. The Bertz CT molecular complexity index is 1290. The highest BCUT2D eigenvalue weighted by Crippen LogP contribution is 2.48. The van der Waals surface area contributed by atoms with Gasteiger partial charge in [-0.25, -0.2) is 0 Å². The van der Waals surface area contributed by atoms with Gasteiger partial charge in [-0.3, -0.25) is 9.69 Å². The van der Waals surface area contributed by atoms with Crippen LogP contribution in [0, 0.1) is 5.92 Å². The van der Waals surface area contributed by atoms with E-state index in [9.17, 15) is 4.79 Å². The van der Waals surface area contributed by atoms with E-state index < -0.39 is 5.66 Å². The Balaban J connectivity index is 1.42. The fourth-order valence-electron chi connectivity index (χ4n) is 6.62. The average molecular weight is 487 g/mol. The molecule has 1 N–H and O–H groups in total. The van der Waals surface area contributed by atoms with Crippen molar-refractivity contribution in [3.63, 3.8) is 0 Å². The van der Waals surface area contributed by atoms with Crippen LogP contribution in [0.4, 0.5) is 0 Å². The van der Waals surface area contributed by atoms with Gasteiger partial charge in [-0.2, -0.15) is 0 Å². The summed E-state index contributed by atoms with van der Waals surface area (Å²) in [5, 5.41) is 3.69. The third kappa shape index (κ3) is 4.72. The number of nitrogens with zero attached hydrogens (tertiary/aromatic N) is 1. The van der Waals surface area contributed by atoms with Crippen molar-refractivity contribution in [3.8, 4) is 0 Å². The fraction of sp³-hybridized carbons (Fsp3) is 0.265. The molecule has 0 radical (unpaired) electrons. The number of amides is 1. The van der Waals surface area contributed by atoms with Crippen LogP contribution >= 0.6 is 0 Å². The van der Waals surface area contributed by atoms with E-state index in [2.05, 4.69) is 101 Å². The van der Waals surface area contributed by atoms with Crippen LogP contribution < -0.4 is 5.32 Å². The summed E-state index contributed by atoms with van der Waals surface area (Å²) in [7, 11) is 0. The van der Waals surface area contributed by atoms with Crippen molar-refractivity contribution in [3.05, 3.63) is 143 Å². The number of carbonyl (C=O) groups excluding carboxylic acids is 1. The number of benzene rings is 4. The van der Waals surface area contributed by atoms with Crippen LogP contribution in [-0.2, 0) is 6.42 Å². The number of rotatable bonds is 7. The van der Waals surface area contributed by atoms with Gasteiger partial charge in [0.15, 0.2) is 0 Å². The van der Waals surface area contributed by atoms with Crippen molar-refractivity contribution in [1.82, 2.24) is 10.2 Å². The maximum Gasteiger partial charge on any atom is 0.253 e. The van der Waals surface area contributed by atoms with Crippen molar-refractivity contribution in [2.24, 2.45) is 5.92 Å². The van der Waals surface area contributed by atoms with E-state index >= 15 is 0 Å². The fourth-order valence-corrected chi connectivity index (χ4v) is 6.62. The molecular weight excluding hydrogens is 452 g/mol. The number of hydrogen-bond acceptors (Lipinski definition) is 2. The monoisotopic (exact) mass is 486 g/mol. The topological polar surface area (TPSA) is 32.3 Å². The number of nitrogens with one attached hydrogen (secondary N) is 1. The first kappa shape index (κ1) is 23.7. The molecule has 1 amide bonds. The van der Waals surface area contributed by atoms with Crippen molar-refractivity contribution in [2.75, 3.05) is 13.1 Å². The second-order valence-corrected chi connectivity index (χ2v) is 10.6. The first-order valence-corrected chi connectivity index (χ1v) is 13.5. The molecule has 3 saturated heterocycles. The molecule has 3 heterocycles. The van der Waals surface area contributed by atoms with E-state index in [1.54, 1.807) is 0 Å². The van der Waals surface area contributed by atoms with Crippen molar-refractivity contribution < 1.29 is 4.79 Å². The first-order chi connectivity index (χ1) is 18.2. The highest BCUT2D eigenvalue weighted by molar-refractivity contribution is 5.96. The molecule has 7 rings (SSSR count). The van der Waals surface area contributed by atoms with Gasteiger partial charge in [-0.1, -0.05) is 109 Å². The lowest BCUT2D eigenvalue weighted by Gasteiger charge is -2.58. The molecule has 3 aliphatic heterocycles. The van der Waals surface area contributed by atoms with Gasteiger partial charge in [0.1, 0.15) is 5.66 Å². The second-order valence-electron chi connectivity index (χ2n) is 10.6. The zero-order valence-corrected chi connectivity index (χ0v) is 21.2. The zero-order valence-electron chi connectivity index (χ0n) is 21.2.